The van der Waals surface area contributed by atoms with Crippen molar-refractivity contribution in [2.75, 3.05) is 14.2 Å². The zero-order valence-electron chi connectivity index (χ0n) is 14.1. The predicted molar refractivity (Wildman–Crippen MR) is 98.0 cm³/mol. The van der Waals surface area contributed by atoms with Gasteiger partial charge in [0.15, 0.2) is 6.10 Å². The van der Waals surface area contributed by atoms with Crippen LogP contribution < -0.4 is 5.32 Å². The van der Waals surface area contributed by atoms with E-state index in [1.54, 1.807) is 12.1 Å². The Hall–Kier alpha value is -2.18. The third-order valence-corrected chi connectivity index (χ3v) is 4.53. The van der Waals surface area contributed by atoms with Crippen LogP contribution in [0.3, 0.4) is 0 Å². The van der Waals surface area contributed by atoms with E-state index in [0.717, 1.165) is 10.0 Å². The average Bonchev–Trinajstić information content (AvgIpc) is 2.63. The first kappa shape index (κ1) is 19.1. The molecular weight excluding hydrogens is 386 g/mol. The van der Waals surface area contributed by atoms with Crippen LogP contribution in [0.15, 0.2) is 59.1 Å². The van der Waals surface area contributed by atoms with E-state index >= 15 is 0 Å². The quantitative estimate of drug-likeness (QED) is 0.718. The zero-order valence-corrected chi connectivity index (χ0v) is 15.7. The Morgan fingerprint density at radius 2 is 1.68 bits per heavy atom. The van der Waals surface area contributed by atoms with Crippen molar-refractivity contribution in [2.24, 2.45) is 0 Å². The lowest BCUT2D eigenvalue weighted by Gasteiger charge is -2.21. The van der Waals surface area contributed by atoms with E-state index in [4.69, 9.17) is 9.47 Å². The number of ether oxygens (including phenoxy) is 2. The molecule has 0 aliphatic rings. The number of benzene rings is 2. The molecule has 0 heterocycles. The fourth-order valence-electron chi connectivity index (χ4n) is 2.49. The summed E-state index contributed by atoms with van der Waals surface area (Å²) in [6.45, 7) is 0. The molecule has 0 aliphatic heterocycles. The van der Waals surface area contributed by atoms with Crippen molar-refractivity contribution in [1.82, 2.24) is 5.32 Å². The van der Waals surface area contributed by atoms with Crippen LogP contribution in [0.25, 0.3) is 0 Å². The molecular formula is C19H20BrNO4. The van der Waals surface area contributed by atoms with E-state index < -0.39 is 24.0 Å². The number of hydrogen-bond donors (Lipinski definition) is 1. The van der Waals surface area contributed by atoms with Gasteiger partial charge < -0.3 is 14.8 Å². The molecule has 0 aromatic heterocycles. The smallest absolute Gasteiger partial charge is 0.328 e. The monoisotopic (exact) mass is 405 g/mol. The second-order valence-electron chi connectivity index (χ2n) is 5.41. The molecule has 2 rings (SSSR count). The van der Waals surface area contributed by atoms with Crippen LogP contribution in [0.5, 0.6) is 0 Å². The highest BCUT2D eigenvalue weighted by Gasteiger charge is 2.27. The first-order valence-corrected chi connectivity index (χ1v) is 8.55. The molecule has 0 saturated carbocycles. The van der Waals surface area contributed by atoms with Gasteiger partial charge in [-0.3, -0.25) is 4.79 Å². The van der Waals surface area contributed by atoms with Crippen molar-refractivity contribution in [3.8, 4) is 0 Å². The molecule has 2 aromatic rings. The van der Waals surface area contributed by atoms with Gasteiger partial charge in [0.1, 0.15) is 6.04 Å². The minimum absolute atomic E-state index is 0.311. The molecule has 0 radical (unpaired) electrons. The van der Waals surface area contributed by atoms with Gasteiger partial charge in [-0.25, -0.2) is 4.79 Å². The number of carbonyl (C=O) groups excluding carboxylic acids is 2. The van der Waals surface area contributed by atoms with Crippen LogP contribution in [0, 0.1) is 0 Å². The molecule has 0 aliphatic carbocycles. The molecule has 5 nitrogen and oxygen atoms in total. The Labute approximate surface area is 155 Å². The lowest BCUT2D eigenvalue weighted by molar-refractivity contribution is -0.146. The van der Waals surface area contributed by atoms with Gasteiger partial charge in [0.05, 0.1) is 7.11 Å². The lowest BCUT2D eigenvalue weighted by atomic mass is 10.0. The second-order valence-corrected chi connectivity index (χ2v) is 6.26. The van der Waals surface area contributed by atoms with E-state index in [1.165, 1.54) is 14.2 Å². The first-order valence-electron chi connectivity index (χ1n) is 7.76. The van der Waals surface area contributed by atoms with Gasteiger partial charge >= 0.3 is 5.97 Å². The molecule has 0 saturated heterocycles. The van der Waals surface area contributed by atoms with Crippen LogP contribution in [-0.2, 0) is 25.5 Å². The fourth-order valence-corrected chi connectivity index (χ4v) is 2.94. The molecule has 0 fully saturated rings. The van der Waals surface area contributed by atoms with Gasteiger partial charge in [0.25, 0.3) is 5.91 Å². The van der Waals surface area contributed by atoms with Gasteiger partial charge in [-0.1, -0.05) is 64.5 Å². The summed E-state index contributed by atoms with van der Waals surface area (Å²) in [4.78, 5) is 24.7. The number of halogens is 1. The molecule has 132 valence electrons. The van der Waals surface area contributed by atoms with Gasteiger partial charge in [-0.15, -0.1) is 0 Å². The third kappa shape index (κ3) is 5.14. The number of methoxy groups -OCH3 is 2. The summed E-state index contributed by atoms with van der Waals surface area (Å²) in [6.07, 6.45) is -0.488. The van der Waals surface area contributed by atoms with Crippen LogP contribution in [0.2, 0.25) is 0 Å². The van der Waals surface area contributed by atoms with Gasteiger partial charge in [0, 0.05) is 18.0 Å². The molecule has 2 atom stereocenters. The van der Waals surface area contributed by atoms with E-state index in [1.807, 2.05) is 42.5 Å². The maximum atomic E-state index is 12.6. The van der Waals surface area contributed by atoms with Crippen molar-refractivity contribution in [3.63, 3.8) is 0 Å². The first-order chi connectivity index (χ1) is 12.1. The normalized spacial score (nSPS) is 12.9. The number of hydrogen-bond acceptors (Lipinski definition) is 4. The standard InChI is InChI=1S/C19H20BrNO4/c1-24-17(13-8-4-3-5-9-13)18(22)21-16(19(23)25-2)12-14-10-6-7-11-15(14)20/h3-11,16-17H,12H2,1-2H3,(H,21,22)/t16-,17-/m1/s1. The van der Waals surface area contributed by atoms with Crippen molar-refractivity contribution < 1.29 is 19.1 Å². The van der Waals surface area contributed by atoms with Gasteiger partial charge in [-0.05, 0) is 17.2 Å². The Morgan fingerprint density at radius 1 is 1.04 bits per heavy atom. The number of carbonyl (C=O) groups is 2. The summed E-state index contributed by atoms with van der Waals surface area (Å²) in [5.41, 5.74) is 1.61. The summed E-state index contributed by atoms with van der Waals surface area (Å²) in [6, 6.07) is 15.8. The minimum atomic E-state index is -0.808. The van der Waals surface area contributed by atoms with Gasteiger partial charge in [-0.2, -0.15) is 0 Å². The summed E-state index contributed by atoms with van der Waals surface area (Å²) in [7, 11) is 2.75. The van der Waals surface area contributed by atoms with E-state index in [-0.39, 0.29) is 0 Å². The van der Waals surface area contributed by atoms with Crippen molar-refractivity contribution in [2.45, 2.75) is 18.6 Å². The van der Waals surface area contributed by atoms with Crippen LogP contribution in [0.1, 0.15) is 17.2 Å². The van der Waals surface area contributed by atoms with Crippen LogP contribution in [-0.4, -0.2) is 32.1 Å². The molecule has 0 unspecified atom stereocenters. The van der Waals surface area contributed by atoms with Crippen molar-refractivity contribution >= 4 is 27.8 Å². The fraction of sp³-hybridized carbons (Fsp3) is 0.263. The van der Waals surface area contributed by atoms with E-state index in [9.17, 15) is 9.59 Å². The summed E-state index contributed by atoms with van der Waals surface area (Å²) >= 11 is 3.45. The SMILES string of the molecule is COC(=O)[C@@H](Cc1ccccc1Br)NC(=O)[C@H](OC)c1ccccc1. The molecule has 0 bridgehead atoms. The largest absolute Gasteiger partial charge is 0.467 e. The molecule has 2 aromatic carbocycles. The van der Waals surface area contributed by atoms with E-state index in [2.05, 4.69) is 21.2 Å². The van der Waals surface area contributed by atoms with Gasteiger partial charge in [0.2, 0.25) is 0 Å². The summed E-state index contributed by atoms with van der Waals surface area (Å²) in [5, 5.41) is 2.73. The summed E-state index contributed by atoms with van der Waals surface area (Å²) < 4.78 is 11.0. The van der Waals surface area contributed by atoms with Crippen LogP contribution >= 0.6 is 15.9 Å². The Morgan fingerprint density at radius 3 is 2.28 bits per heavy atom. The minimum Gasteiger partial charge on any atom is -0.467 e. The van der Waals surface area contributed by atoms with Crippen molar-refractivity contribution in [1.29, 1.82) is 0 Å². The number of rotatable bonds is 7. The molecule has 1 amide bonds. The zero-order chi connectivity index (χ0) is 18.2. The topological polar surface area (TPSA) is 64.6 Å². The maximum absolute atomic E-state index is 12.6. The number of nitrogens with one attached hydrogen (secondary N) is 1. The summed E-state index contributed by atoms with van der Waals surface area (Å²) in [5.74, 6) is -0.900. The highest BCUT2D eigenvalue weighted by Crippen LogP contribution is 2.20. The number of amides is 1. The highest BCUT2D eigenvalue weighted by atomic mass is 79.9. The second kappa shape index (κ2) is 9.34. The lowest BCUT2D eigenvalue weighted by Crippen LogP contribution is -2.45. The molecule has 6 heteroatoms. The number of esters is 1. The third-order valence-electron chi connectivity index (χ3n) is 3.76. The van der Waals surface area contributed by atoms with Crippen LogP contribution in [0.4, 0.5) is 0 Å². The highest BCUT2D eigenvalue weighted by molar-refractivity contribution is 9.10. The predicted octanol–water partition coefficient (Wildman–Crippen LogP) is 3.04. The Kier molecular flexibility index (Phi) is 7.16. The molecule has 0 spiro atoms. The molecule has 1 N–H and O–H groups in total. The Bertz CT molecular complexity index is 720. The Balaban J connectivity index is 2.17. The average molecular weight is 406 g/mol. The maximum Gasteiger partial charge on any atom is 0.328 e. The molecule has 25 heavy (non-hydrogen) atoms. The van der Waals surface area contributed by atoms with Crippen molar-refractivity contribution in [3.05, 3.63) is 70.2 Å². The van der Waals surface area contributed by atoms with E-state index in [0.29, 0.717) is 12.0 Å².